The van der Waals surface area contributed by atoms with Crippen LogP contribution in [0.15, 0.2) is 73.1 Å². The van der Waals surface area contributed by atoms with Gasteiger partial charge in [-0.3, -0.25) is 9.59 Å². The zero-order chi connectivity index (χ0) is 28.8. The van der Waals surface area contributed by atoms with Gasteiger partial charge in [0.05, 0.1) is 16.9 Å². The van der Waals surface area contributed by atoms with Crippen molar-refractivity contribution in [2.75, 3.05) is 31.3 Å². The Morgan fingerprint density at radius 2 is 1.88 bits per heavy atom. The number of H-pyrrole nitrogens is 1. The van der Waals surface area contributed by atoms with Gasteiger partial charge in [0.2, 0.25) is 11.9 Å². The second kappa shape index (κ2) is 13.0. The smallest absolute Gasteiger partial charge is 0.251 e. The lowest BCUT2D eigenvalue weighted by molar-refractivity contribution is -0.111. The molecule has 1 aliphatic rings. The summed E-state index contributed by atoms with van der Waals surface area (Å²) in [5, 5.41) is 11.0. The van der Waals surface area contributed by atoms with Crippen LogP contribution in [0.2, 0.25) is 5.02 Å². The van der Waals surface area contributed by atoms with Crippen molar-refractivity contribution in [3.05, 3.63) is 83.7 Å². The number of anilines is 2. The molecule has 0 radical (unpaired) electrons. The van der Waals surface area contributed by atoms with E-state index < -0.39 is 0 Å². The fraction of sp³-hybridized carbons (Fsp3) is 0.290. The SMILES string of the molecule is CN(C)CC=CC(=O)Nc1ccc(C(=O)NC2CCCC(Nc3ncc(Cl)c(-c4c[nH]c5ccccc45)n3)C2)cc1. The molecule has 2 aromatic carbocycles. The van der Waals surface area contributed by atoms with E-state index in [1.54, 1.807) is 36.5 Å². The number of benzene rings is 2. The molecule has 9 nitrogen and oxygen atoms in total. The highest BCUT2D eigenvalue weighted by molar-refractivity contribution is 6.33. The highest BCUT2D eigenvalue weighted by Crippen LogP contribution is 2.32. The van der Waals surface area contributed by atoms with Gasteiger partial charge in [-0.15, -0.1) is 0 Å². The molecule has 0 saturated heterocycles. The van der Waals surface area contributed by atoms with Crippen molar-refractivity contribution in [3.63, 3.8) is 0 Å². The van der Waals surface area contributed by atoms with E-state index in [2.05, 4.69) is 25.9 Å². The molecule has 1 aliphatic carbocycles. The average Bonchev–Trinajstić information content (AvgIpc) is 3.38. The molecule has 2 unspecified atom stereocenters. The number of nitrogens with one attached hydrogen (secondary N) is 4. The van der Waals surface area contributed by atoms with Gasteiger partial charge in [-0.05, 0) is 70.1 Å². The zero-order valence-electron chi connectivity index (χ0n) is 23.2. The molecule has 0 spiro atoms. The number of aromatic nitrogens is 3. The van der Waals surface area contributed by atoms with Crippen molar-refractivity contribution in [2.45, 2.75) is 37.8 Å². The third-order valence-electron chi connectivity index (χ3n) is 7.09. The number of para-hydroxylation sites is 1. The predicted octanol–water partition coefficient (Wildman–Crippen LogP) is 5.49. The first-order chi connectivity index (χ1) is 19.9. The summed E-state index contributed by atoms with van der Waals surface area (Å²) < 4.78 is 0. The molecule has 2 amide bonds. The molecular weight excluding hydrogens is 538 g/mol. The number of likely N-dealkylation sites (N-methyl/N-ethyl adjacent to an activating group) is 1. The topological polar surface area (TPSA) is 115 Å². The quantitative estimate of drug-likeness (QED) is 0.198. The first-order valence-corrected chi connectivity index (χ1v) is 14.1. The molecule has 10 heteroatoms. The van der Waals surface area contributed by atoms with E-state index in [9.17, 15) is 9.59 Å². The van der Waals surface area contributed by atoms with Crippen LogP contribution < -0.4 is 16.0 Å². The molecule has 2 atom stereocenters. The van der Waals surface area contributed by atoms with Crippen LogP contribution in [0.5, 0.6) is 0 Å². The van der Waals surface area contributed by atoms with Crippen LogP contribution in [0.4, 0.5) is 11.6 Å². The summed E-state index contributed by atoms with van der Waals surface area (Å²) in [4.78, 5) is 39.4. The standard InChI is InChI=1S/C31H34ClN7O2/c1-39(2)16-6-11-28(40)35-21-14-12-20(13-15-21)30(41)36-22-7-5-8-23(17-22)37-31-34-19-26(32)29(38-31)25-18-33-27-10-4-3-9-24(25)27/h3-4,6,9-15,18-19,22-23,33H,5,7-8,16-17H2,1-2H3,(H,35,40)(H,36,41)(H,34,37,38). The summed E-state index contributed by atoms with van der Waals surface area (Å²) in [7, 11) is 3.87. The minimum absolute atomic E-state index is 0.0235. The molecular formula is C31H34ClN7O2. The van der Waals surface area contributed by atoms with Gasteiger partial charge < -0.3 is 25.8 Å². The minimum atomic E-state index is -0.206. The maximum Gasteiger partial charge on any atom is 0.251 e. The third-order valence-corrected chi connectivity index (χ3v) is 7.36. The van der Waals surface area contributed by atoms with Crippen LogP contribution in [0, 0.1) is 0 Å². The number of rotatable bonds is 9. The first-order valence-electron chi connectivity index (χ1n) is 13.7. The normalized spacial score (nSPS) is 17.2. The lowest BCUT2D eigenvalue weighted by atomic mass is 9.91. The van der Waals surface area contributed by atoms with Gasteiger partial charge in [-0.25, -0.2) is 9.97 Å². The molecule has 2 heterocycles. The second-order valence-electron chi connectivity index (χ2n) is 10.5. The maximum absolute atomic E-state index is 13.0. The van der Waals surface area contributed by atoms with Crippen molar-refractivity contribution in [1.29, 1.82) is 0 Å². The van der Waals surface area contributed by atoms with Crippen molar-refractivity contribution in [1.82, 2.24) is 25.2 Å². The van der Waals surface area contributed by atoms with E-state index in [1.807, 2.05) is 49.5 Å². The van der Waals surface area contributed by atoms with E-state index >= 15 is 0 Å². The molecule has 41 heavy (non-hydrogen) atoms. The van der Waals surface area contributed by atoms with Crippen LogP contribution in [0.25, 0.3) is 22.2 Å². The Hall–Kier alpha value is -4.21. The summed E-state index contributed by atoms with van der Waals surface area (Å²) in [5.74, 6) is 0.174. The van der Waals surface area contributed by atoms with Crippen molar-refractivity contribution >= 4 is 46.0 Å². The predicted molar refractivity (Wildman–Crippen MR) is 164 cm³/mol. The Morgan fingerprint density at radius 3 is 2.68 bits per heavy atom. The summed E-state index contributed by atoms with van der Waals surface area (Å²) in [6.07, 6.45) is 10.4. The maximum atomic E-state index is 13.0. The number of halogens is 1. The molecule has 4 N–H and O–H groups in total. The number of carbonyl (C=O) groups is 2. The summed E-state index contributed by atoms with van der Waals surface area (Å²) >= 11 is 6.50. The van der Waals surface area contributed by atoms with Crippen LogP contribution >= 0.6 is 11.6 Å². The number of amides is 2. The molecule has 5 rings (SSSR count). The molecule has 0 bridgehead atoms. The van der Waals surface area contributed by atoms with Crippen LogP contribution in [-0.4, -0.2) is 64.4 Å². The van der Waals surface area contributed by atoms with E-state index in [1.165, 1.54) is 6.08 Å². The van der Waals surface area contributed by atoms with Gasteiger partial charge in [0.1, 0.15) is 0 Å². The van der Waals surface area contributed by atoms with Gasteiger partial charge >= 0.3 is 0 Å². The Bertz CT molecular complexity index is 1550. The highest BCUT2D eigenvalue weighted by Gasteiger charge is 2.25. The molecule has 1 fully saturated rings. The van der Waals surface area contributed by atoms with Crippen LogP contribution in [-0.2, 0) is 4.79 Å². The van der Waals surface area contributed by atoms with Crippen molar-refractivity contribution in [3.8, 4) is 11.3 Å². The van der Waals surface area contributed by atoms with E-state index in [-0.39, 0.29) is 23.9 Å². The number of hydrogen-bond acceptors (Lipinski definition) is 6. The average molecular weight is 572 g/mol. The lowest BCUT2D eigenvalue weighted by Crippen LogP contribution is -2.42. The number of hydrogen-bond donors (Lipinski definition) is 4. The second-order valence-corrected chi connectivity index (χ2v) is 11.0. The Balaban J connectivity index is 1.17. The Labute approximate surface area is 244 Å². The Kier molecular flexibility index (Phi) is 8.96. The van der Waals surface area contributed by atoms with Gasteiger partial charge in [0.15, 0.2) is 0 Å². The third kappa shape index (κ3) is 7.31. The van der Waals surface area contributed by atoms with Gasteiger partial charge in [0.25, 0.3) is 5.91 Å². The molecule has 0 aliphatic heterocycles. The van der Waals surface area contributed by atoms with Crippen LogP contribution in [0.3, 0.4) is 0 Å². The van der Waals surface area contributed by atoms with Crippen molar-refractivity contribution in [2.24, 2.45) is 0 Å². The minimum Gasteiger partial charge on any atom is -0.360 e. The fourth-order valence-corrected chi connectivity index (χ4v) is 5.25. The molecule has 2 aromatic heterocycles. The number of carbonyl (C=O) groups excluding carboxylic acids is 2. The van der Waals surface area contributed by atoms with E-state index in [0.717, 1.165) is 42.1 Å². The molecule has 4 aromatic rings. The zero-order valence-corrected chi connectivity index (χ0v) is 23.9. The summed E-state index contributed by atoms with van der Waals surface area (Å²) in [6.45, 7) is 0.683. The van der Waals surface area contributed by atoms with Crippen molar-refractivity contribution < 1.29 is 9.59 Å². The van der Waals surface area contributed by atoms with Crippen LogP contribution in [0.1, 0.15) is 36.0 Å². The van der Waals surface area contributed by atoms with E-state index in [0.29, 0.717) is 34.5 Å². The highest BCUT2D eigenvalue weighted by atomic mass is 35.5. The van der Waals surface area contributed by atoms with E-state index in [4.69, 9.17) is 16.6 Å². The largest absolute Gasteiger partial charge is 0.360 e. The number of aromatic amines is 1. The summed E-state index contributed by atoms with van der Waals surface area (Å²) in [6, 6.07) is 15.1. The number of nitrogens with zero attached hydrogens (tertiary/aromatic N) is 3. The van der Waals surface area contributed by atoms with Gasteiger partial charge in [0, 0.05) is 58.6 Å². The first kappa shape index (κ1) is 28.3. The van der Waals surface area contributed by atoms with Gasteiger partial charge in [-0.1, -0.05) is 35.9 Å². The fourth-order valence-electron chi connectivity index (χ4n) is 5.06. The Morgan fingerprint density at radius 1 is 1.10 bits per heavy atom. The summed E-state index contributed by atoms with van der Waals surface area (Å²) in [5.41, 5.74) is 3.80. The molecule has 212 valence electrons. The number of fused-ring (bicyclic) bond motifs is 1. The van der Waals surface area contributed by atoms with Gasteiger partial charge in [-0.2, -0.15) is 0 Å². The lowest BCUT2D eigenvalue weighted by Gasteiger charge is -2.30. The monoisotopic (exact) mass is 571 g/mol. The molecule has 1 saturated carbocycles.